The Morgan fingerprint density at radius 2 is 2.29 bits per heavy atom. The molecule has 0 amide bonds. The van der Waals surface area contributed by atoms with E-state index in [-0.39, 0.29) is 6.04 Å². The van der Waals surface area contributed by atoms with E-state index in [2.05, 4.69) is 22.4 Å². The molecule has 0 aliphatic carbocycles. The van der Waals surface area contributed by atoms with Gasteiger partial charge in [0, 0.05) is 29.1 Å². The van der Waals surface area contributed by atoms with Gasteiger partial charge in [0.1, 0.15) is 0 Å². The first-order chi connectivity index (χ1) is 8.20. The van der Waals surface area contributed by atoms with Gasteiger partial charge in [-0.05, 0) is 31.2 Å². The Hall–Kier alpha value is -0.900. The lowest BCUT2D eigenvalue weighted by molar-refractivity contribution is 0.590. The average Bonchev–Trinajstić information content (AvgIpc) is 2.82. The van der Waals surface area contributed by atoms with Crippen molar-refractivity contribution in [3.8, 4) is 0 Å². The Labute approximate surface area is 111 Å². The maximum absolute atomic E-state index is 6.04. The van der Waals surface area contributed by atoms with E-state index in [1.165, 1.54) is 5.56 Å². The minimum Gasteiger partial charge on any atom is -0.313 e. The highest BCUT2D eigenvalue weighted by atomic mass is 35.5. The molecule has 1 atom stereocenters. The molecule has 17 heavy (non-hydrogen) atoms. The minimum atomic E-state index is 0.289. The Balaban J connectivity index is 2.20. The highest BCUT2D eigenvalue weighted by molar-refractivity contribution is 7.09. The molecule has 4 heteroatoms. The van der Waals surface area contributed by atoms with E-state index in [4.69, 9.17) is 11.6 Å². The van der Waals surface area contributed by atoms with Crippen LogP contribution < -0.4 is 5.32 Å². The second kappa shape index (κ2) is 5.63. The number of hydrogen-bond donors (Lipinski definition) is 1. The molecule has 2 aromatic rings. The third-order valence-corrected chi connectivity index (χ3v) is 4.02. The van der Waals surface area contributed by atoms with Gasteiger partial charge in [-0.1, -0.05) is 23.7 Å². The van der Waals surface area contributed by atoms with Gasteiger partial charge >= 0.3 is 0 Å². The molecule has 0 saturated heterocycles. The zero-order valence-corrected chi connectivity index (χ0v) is 11.5. The zero-order valence-electron chi connectivity index (χ0n) is 9.90. The lowest BCUT2D eigenvalue weighted by atomic mass is 10.0. The van der Waals surface area contributed by atoms with Crippen molar-refractivity contribution in [3.63, 3.8) is 0 Å². The lowest BCUT2D eigenvalue weighted by Crippen LogP contribution is -2.18. The van der Waals surface area contributed by atoms with Gasteiger partial charge in [0.25, 0.3) is 0 Å². The molecular weight excluding hydrogens is 252 g/mol. The maximum Gasteiger partial charge on any atom is 0.0943 e. The number of aryl methyl sites for hydroxylation is 1. The van der Waals surface area contributed by atoms with E-state index in [9.17, 15) is 0 Å². The van der Waals surface area contributed by atoms with Gasteiger partial charge in [0.15, 0.2) is 0 Å². The maximum atomic E-state index is 6.04. The normalized spacial score (nSPS) is 12.6. The number of likely N-dealkylation sites (N-methyl/N-ethyl adjacent to an activating group) is 1. The third kappa shape index (κ3) is 3.06. The monoisotopic (exact) mass is 266 g/mol. The molecule has 1 heterocycles. The van der Waals surface area contributed by atoms with Crippen LogP contribution in [0.15, 0.2) is 29.8 Å². The van der Waals surface area contributed by atoms with Gasteiger partial charge in [0.05, 0.1) is 5.01 Å². The molecule has 1 aromatic carbocycles. The molecule has 1 aromatic heterocycles. The van der Waals surface area contributed by atoms with Crippen LogP contribution in [0, 0.1) is 6.92 Å². The third-order valence-electron chi connectivity index (χ3n) is 2.80. The van der Waals surface area contributed by atoms with Gasteiger partial charge in [-0.25, -0.2) is 4.98 Å². The standard InChI is InChI=1S/C13H15ClN2S/c1-9-7-10(3-4-11(9)14)12(15-2)8-13-16-5-6-17-13/h3-7,12,15H,8H2,1-2H3. The molecule has 0 saturated carbocycles. The summed E-state index contributed by atoms with van der Waals surface area (Å²) < 4.78 is 0. The average molecular weight is 267 g/mol. The van der Waals surface area contributed by atoms with Crippen molar-refractivity contribution >= 4 is 22.9 Å². The fraction of sp³-hybridized carbons (Fsp3) is 0.308. The van der Waals surface area contributed by atoms with Crippen LogP contribution in [0.5, 0.6) is 0 Å². The summed E-state index contributed by atoms with van der Waals surface area (Å²) in [5.74, 6) is 0. The first-order valence-corrected chi connectivity index (χ1v) is 6.78. The number of halogens is 1. The molecule has 0 spiro atoms. The van der Waals surface area contributed by atoms with Crippen molar-refractivity contribution in [2.45, 2.75) is 19.4 Å². The van der Waals surface area contributed by atoms with Gasteiger partial charge in [0.2, 0.25) is 0 Å². The summed E-state index contributed by atoms with van der Waals surface area (Å²) in [6.07, 6.45) is 2.76. The summed E-state index contributed by atoms with van der Waals surface area (Å²) in [7, 11) is 1.97. The van der Waals surface area contributed by atoms with E-state index in [1.807, 2.05) is 31.6 Å². The van der Waals surface area contributed by atoms with E-state index in [0.717, 1.165) is 22.0 Å². The molecule has 1 unspecified atom stereocenters. The molecule has 0 fully saturated rings. The highest BCUT2D eigenvalue weighted by Gasteiger charge is 2.12. The number of aromatic nitrogens is 1. The van der Waals surface area contributed by atoms with Crippen LogP contribution in [-0.4, -0.2) is 12.0 Å². The molecule has 2 rings (SSSR count). The quantitative estimate of drug-likeness (QED) is 0.915. The van der Waals surface area contributed by atoms with E-state index >= 15 is 0 Å². The van der Waals surface area contributed by atoms with Gasteiger partial charge in [-0.2, -0.15) is 0 Å². The van der Waals surface area contributed by atoms with Crippen molar-refractivity contribution in [2.24, 2.45) is 0 Å². The van der Waals surface area contributed by atoms with Gasteiger partial charge in [-0.15, -0.1) is 11.3 Å². The first-order valence-electron chi connectivity index (χ1n) is 5.52. The molecule has 90 valence electrons. The Morgan fingerprint density at radius 1 is 1.47 bits per heavy atom. The predicted molar refractivity (Wildman–Crippen MR) is 73.8 cm³/mol. The van der Waals surface area contributed by atoms with Crippen molar-refractivity contribution in [1.29, 1.82) is 0 Å². The molecule has 1 N–H and O–H groups in total. The SMILES string of the molecule is CNC(Cc1nccs1)c1ccc(Cl)c(C)c1. The molecule has 0 aliphatic rings. The summed E-state index contributed by atoms with van der Waals surface area (Å²) >= 11 is 7.73. The Morgan fingerprint density at radius 3 is 2.88 bits per heavy atom. The van der Waals surface area contributed by atoms with Crippen LogP contribution in [0.2, 0.25) is 5.02 Å². The van der Waals surface area contributed by atoms with Crippen LogP contribution in [-0.2, 0) is 6.42 Å². The number of nitrogens with zero attached hydrogens (tertiary/aromatic N) is 1. The largest absolute Gasteiger partial charge is 0.313 e. The number of nitrogens with one attached hydrogen (secondary N) is 1. The second-order valence-electron chi connectivity index (χ2n) is 3.98. The van der Waals surface area contributed by atoms with Crippen LogP contribution >= 0.6 is 22.9 Å². The van der Waals surface area contributed by atoms with Crippen molar-refractivity contribution < 1.29 is 0 Å². The van der Waals surface area contributed by atoms with Crippen LogP contribution in [0.3, 0.4) is 0 Å². The van der Waals surface area contributed by atoms with Crippen LogP contribution in [0.1, 0.15) is 22.2 Å². The van der Waals surface area contributed by atoms with Crippen molar-refractivity contribution in [1.82, 2.24) is 10.3 Å². The summed E-state index contributed by atoms with van der Waals surface area (Å²) in [6, 6.07) is 6.46. The Bertz CT molecular complexity index is 482. The molecular formula is C13H15ClN2S. The fourth-order valence-corrected chi connectivity index (χ4v) is 2.58. The van der Waals surface area contributed by atoms with Crippen LogP contribution in [0.4, 0.5) is 0 Å². The zero-order chi connectivity index (χ0) is 12.3. The topological polar surface area (TPSA) is 24.9 Å². The van der Waals surface area contributed by atoms with E-state index < -0.39 is 0 Å². The summed E-state index contributed by atoms with van der Waals surface area (Å²) in [6.45, 7) is 2.03. The summed E-state index contributed by atoms with van der Waals surface area (Å²) in [5, 5.41) is 7.30. The minimum absolute atomic E-state index is 0.289. The fourth-order valence-electron chi connectivity index (χ4n) is 1.80. The lowest BCUT2D eigenvalue weighted by Gasteiger charge is -2.16. The van der Waals surface area contributed by atoms with Gasteiger partial charge < -0.3 is 5.32 Å². The smallest absolute Gasteiger partial charge is 0.0943 e. The number of benzene rings is 1. The van der Waals surface area contributed by atoms with Crippen molar-refractivity contribution in [2.75, 3.05) is 7.05 Å². The highest BCUT2D eigenvalue weighted by Crippen LogP contribution is 2.23. The van der Waals surface area contributed by atoms with Crippen LogP contribution in [0.25, 0.3) is 0 Å². The Kier molecular flexibility index (Phi) is 4.15. The number of rotatable bonds is 4. The summed E-state index contributed by atoms with van der Waals surface area (Å²) in [5.41, 5.74) is 2.37. The molecule has 0 radical (unpaired) electrons. The molecule has 0 bridgehead atoms. The number of thiazole rings is 1. The second-order valence-corrected chi connectivity index (χ2v) is 5.37. The van der Waals surface area contributed by atoms with E-state index in [1.54, 1.807) is 11.3 Å². The van der Waals surface area contributed by atoms with Crippen molar-refractivity contribution in [3.05, 3.63) is 50.9 Å². The van der Waals surface area contributed by atoms with Gasteiger partial charge in [-0.3, -0.25) is 0 Å². The molecule has 2 nitrogen and oxygen atoms in total. The van der Waals surface area contributed by atoms with E-state index in [0.29, 0.717) is 0 Å². The molecule has 0 aliphatic heterocycles. The first kappa shape index (κ1) is 12.6. The summed E-state index contributed by atoms with van der Waals surface area (Å²) in [4.78, 5) is 4.32. The number of hydrogen-bond acceptors (Lipinski definition) is 3. The predicted octanol–water partition coefficient (Wildman–Crippen LogP) is 3.61.